The number of carbonyl (C=O) groups is 1. The monoisotopic (exact) mass is 277 g/mol. The lowest BCUT2D eigenvalue weighted by Gasteiger charge is -2.15. The van der Waals surface area contributed by atoms with E-state index >= 15 is 0 Å². The first-order valence-electron chi connectivity index (χ1n) is 6.49. The van der Waals surface area contributed by atoms with E-state index in [0.29, 0.717) is 24.8 Å². The summed E-state index contributed by atoms with van der Waals surface area (Å²) in [6.07, 6.45) is 3.94. The third kappa shape index (κ3) is 5.35. The van der Waals surface area contributed by atoms with Gasteiger partial charge in [-0.15, -0.1) is 0 Å². The first kappa shape index (κ1) is 15.4. The van der Waals surface area contributed by atoms with Crippen LogP contribution in [0.15, 0.2) is 0 Å². The Kier molecular flexibility index (Phi) is 6.08. The highest BCUT2D eigenvalue weighted by molar-refractivity contribution is 7.89. The van der Waals surface area contributed by atoms with Crippen LogP contribution >= 0.6 is 0 Å². The van der Waals surface area contributed by atoms with Crippen molar-refractivity contribution in [2.24, 2.45) is 11.8 Å². The Hall–Kier alpha value is -0.620. The normalized spacial score (nSPS) is 24.1. The van der Waals surface area contributed by atoms with Gasteiger partial charge in [0.1, 0.15) is 0 Å². The topological polar surface area (TPSA) is 72.5 Å². The van der Waals surface area contributed by atoms with Crippen molar-refractivity contribution in [3.63, 3.8) is 0 Å². The molecule has 0 aliphatic heterocycles. The summed E-state index contributed by atoms with van der Waals surface area (Å²) in [6.45, 7) is 2.70. The fourth-order valence-electron chi connectivity index (χ4n) is 2.34. The lowest BCUT2D eigenvalue weighted by atomic mass is 9.99. The van der Waals surface area contributed by atoms with Gasteiger partial charge < -0.3 is 4.74 Å². The van der Waals surface area contributed by atoms with Crippen LogP contribution in [0, 0.1) is 11.8 Å². The number of esters is 1. The molecule has 0 aromatic carbocycles. The van der Waals surface area contributed by atoms with Gasteiger partial charge in [-0.25, -0.2) is 13.1 Å². The molecular weight excluding hydrogens is 254 g/mol. The van der Waals surface area contributed by atoms with Crippen LogP contribution < -0.4 is 4.72 Å². The summed E-state index contributed by atoms with van der Waals surface area (Å²) in [5.74, 6) is 0.682. The molecule has 0 spiro atoms. The molecule has 2 unspecified atom stereocenters. The van der Waals surface area contributed by atoms with Crippen molar-refractivity contribution < 1.29 is 17.9 Å². The molecule has 106 valence electrons. The number of hydrogen-bond acceptors (Lipinski definition) is 4. The second kappa shape index (κ2) is 7.09. The number of hydrogen-bond donors (Lipinski definition) is 1. The van der Waals surface area contributed by atoms with E-state index in [0.717, 1.165) is 6.42 Å². The van der Waals surface area contributed by atoms with Crippen LogP contribution in [0.4, 0.5) is 0 Å². The molecule has 0 radical (unpaired) electrons. The molecule has 0 aromatic heterocycles. The van der Waals surface area contributed by atoms with E-state index in [1.807, 2.05) is 0 Å². The Morgan fingerprint density at radius 3 is 2.67 bits per heavy atom. The Balaban J connectivity index is 2.25. The van der Waals surface area contributed by atoms with Crippen LogP contribution in [0.25, 0.3) is 0 Å². The molecule has 0 saturated heterocycles. The van der Waals surface area contributed by atoms with Crippen LogP contribution in [0.5, 0.6) is 0 Å². The Morgan fingerprint density at radius 2 is 2.11 bits per heavy atom. The number of nitrogens with one attached hydrogen (secondary N) is 1. The number of methoxy groups -OCH3 is 1. The zero-order chi connectivity index (χ0) is 13.6. The summed E-state index contributed by atoms with van der Waals surface area (Å²) >= 11 is 0. The highest BCUT2D eigenvalue weighted by atomic mass is 32.2. The third-order valence-electron chi connectivity index (χ3n) is 3.63. The van der Waals surface area contributed by atoms with E-state index in [1.165, 1.54) is 20.0 Å². The lowest BCUT2D eigenvalue weighted by molar-refractivity contribution is -0.140. The maximum atomic E-state index is 11.7. The Bertz CT molecular complexity index is 366. The molecule has 0 aromatic rings. The van der Waals surface area contributed by atoms with Crippen molar-refractivity contribution >= 4 is 16.0 Å². The summed E-state index contributed by atoms with van der Waals surface area (Å²) in [6, 6.07) is 0. The maximum Gasteiger partial charge on any atom is 0.305 e. The molecule has 0 heterocycles. The minimum absolute atomic E-state index is 0.0107. The molecule has 1 aliphatic carbocycles. The summed E-state index contributed by atoms with van der Waals surface area (Å²) < 4.78 is 30.5. The minimum Gasteiger partial charge on any atom is -0.469 e. The molecule has 0 bridgehead atoms. The second-order valence-corrected chi connectivity index (χ2v) is 6.94. The Morgan fingerprint density at radius 1 is 1.39 bits per heavy atom. The predicted molar refractivity (Wildman–Crippen MR) is 69.5 cm³/mol. The van der Waals surface area contributed by atoms with E-state index in [2.05, 4.69) is 16.4 Å². The molecule has 1 rings (SSSR count). The fourth-order valence-corrected chi connectivity index (χ4v) is 3.48. The number of sulfonamides is 1. The van der Waals surface area contributed by atoms with Crippen molar-refractivity contribution in [1.82, 2.24) is 4.72 Å². The molecule has 2 atom stereocenters. The largest absolute Gasteiger partial charge is 0.469 e. The second-order valence-electron chi connectivity index (χ2n) is 5.02. The average molecular weight is 277 g/mol. The number of carbonyl (C=O) groups excluding carboxylic acids is 1. The summed E-state index contributed by atoms with van der Waals surface area (Å²) in [5.41, 5.74) is 0. The van der Waals surface area contributed by atoms with Crippen molar-refractivity contribution in [3.05, 3.63) is 0 Å². The quantitative estimate of drug-likeness (QED) is 0.712. The van der Waals surface area contributed by atoms with Crippen molar-refractivity contribution in [2.45, 2.75) is 39.0 Å². The van der Waals surface area contributed by atoms with E-state index in [9.17, 15) is 13.2 Å². The van der Waals surface area contributed by atoms with E-state index < -0.39 is 10.0 Å². The van der Waals surface area contributed by atoms with Crippen LogP contribution in [0.2, 0.25) is 0 Å². The molecule has 18 heavy (non-hydrogen) atoms. The van der Waals surface area contributed by atoms with Gasteiger partial charge in [0.25, 0.3) is 0 Å². The van der Waals surface area contributed by atoms with Gasteiger partial charge in [0.05, 0.1) is 12.9 Å². The molecule has 5 nitrogen and oxygen atoms in total. The average Bonchev–Trinajstić information content (AvgIpc) is 2.72. The number of ether oxygens (including phenoxy) is 1. The van der Waals surface area contributed by atoms with Gasteiger partial charge >= 0.3 is 5.97 Å². The minimum atomic E-state index is -3.25. The van der Waals surface area contributed by atoms with Crippen LogP contribution in [-0.2, 0) is 19.6 Å². The molecule has 1 aliphatic rings. The van der Waals surface area contributed by atoms with Crippen molar-refractivity contribution in [1.29, 1.82) is 0 Å². The number of rotatable bonds is 7. The third-order valence-corrected chi connectivity index (χ3v) is 5.06. The smallest absolute Gasteiger partial charge is 0.305 e. The fraction of sp³-hybridized carbons (Fsp3) is 0.917. The van der Waals surface area contributed by atoms with Crippen molar-refractivity contribution in [2.75, 3.05) is 19.4 Å². The SMILES string of the molecule is COC(=O)CCCS(=O)(=O)NCC1CCCC1C. The van der Waals surface area contributed by atoms with Crippen molar-refractivity contribution in [3.8, 4) is 0 Å². The van der Waals surface area contributed by atoms with Gasteiger partial charge in [0.2, 0.25) is 10.0 Å². The highest BCUT2D eigenvalue weighted by Crippen LogP contribution is 2.30. The highest BCUT2D eigenvalue weighted by Gasteiger charge is 2.24. The van der Waals surface area contributed by atoms with Gasteiger partial charge in [-0.2, -0.15) is 0 Å². The Labute approximate surface area is 109 Å². The van der Waals surface area contributed by atoms with Gasteiger partial charge in [-0.1, -0.05) is 19.8 Å². The van der Waals surface area contributed by atoms with Gasteiger partial charge in [-0.05, 0) is 24.7 Å². The zero-order valence-electron chi connectivity index (χ0n) is 11.1. The molecule has 0 amide bonds. The van der Waals surface area contributed by atoms with Gasteiger partial charge in [0.15, 0.2) is 0 Å². The summed E-state index contributed by atoms with van der Waals surface area (Å²) in [4.78, 5) is 10.9. The van der Waals surface area contributed by atoms with E-state index in [4.69, 9.17) is 0 Å². The molecule has 1 saturated carbocycles. The maximum absolute atomic E-state index is 11.7. The summed E-state index contributed by atoms with van der Waals surface area (Å²) in [7, 11) is -1.95. The molecule has 6 heteroatoms. The van der Waals surface area contributed by atoms with E-state index in [-0.39, 0.29) is 18.1 Å². The van der Waals surface area contributed by atoms with Crippen LogP contribution in [-0.4, -0.2) is 33.8 Å². The lowest BCUT2D eigenvalue weighted by Crippen LogP contribution is -2.32. The summed E-state index contributed by atoms with van der Waals surface area (Å²) in [5, 5.41) is 0. The van der Waals surface area contributed by atoms with E-state index in [1.54, 1.807) is 0 Å². The molecular formula is C12H23NO4S. The standard InChI is InChI=1S/C12H23NO4S/c1-10-5-3-6-11(10)9-13-18(15,16)8-4-7-12(14)17-2/h10-11,13H,3-9H2,1-2H3. The van der Waals surface area contributed by atoms with Gasteiger partial charge in [-0.3, -0.25) is 4.79 Å². The molecule has 1 fully saturated rings. The predicted octanol–water partition coefficient (Wildman–Crippen LogP) is 1.30. The first-order valence-corrected chi connectivity index (χ1v) is 8.14. The van der Waals surface area contributed by atoms with Crippen LogP contribution in [0.3, 0.4) is 0 Å². The van der Waals surface area contributed by atoms with Crippen LogP contribution in [0.1, 0.15) is 39.0 Å². The molecule has 1 N–H and O–H groups in total. The van der Waals surface area contributed by atoms with Gasteiger partial charge in [0, 0.05) is 13.0 Å². The first-order chi connectivity index (χ1) is 8.44. The zero-order valence-corrected chi connectivity index (χ0v) is 12.0.